The molecule has 0 heterocycles. The molecule has 0 aromatic carbocycles. The molecule has 3 unspecified atom stereocenters. The molecule has 10 heteroatoms. The zero-order chi connectivity index (χ0) is 55.0. The highest BCUT2D eigenvalue weighted by Gasteiger charge is 2.30. The minimum atomic E-state index is -4.49. The number of amides is 1. The molecule has 0 saturated heterocycles. The molecule has 9 nitrogen and oxygen atoms in total. The van der Waals surface area contributed by atoms with Gasteiger partial charge in [-0.1, -0.05) is 243 Å². The summed E-state index contributed by atoms with van der Waals surface area (Å²) in [5, 5.41) is 2.98. The number of esters is 1. The molecule has 2 N–H and O–H groups in total. The fourth-order valence-corrected chi connectivity index (χ4v) is 7.96. The number of unbranched alkanes of at least 4 members (excludes halogenated alkanes) is 14. The molecule has 0 bridgehead atoms. The zero-order valence-corrected chi connectivity index (χ0v) is 48.9. The Balaban J connectivity index is 5.60. The number of ether oxygens (including phenoxy) is 1. The van der Waals surface area contributed by atoms with Crippen LogP contribution in [0.4, 0.5) is 0 Å². The van der Waals surface area contributed by atoms with Crippen molar-refractivity contribution in [2.24, 2.45) is 0 Å². The van der Waals surface area contributed by atoms with Crippen LogP contribution in [-0.4, -0.2) is 74.3 Å². The van der Waals surface area contributed by atoms with E-state index in [1.165, 1.54) is 57.8 Å². The summed E-state index contributed by atoms with van der Waals surface area (Å²) in [6.07, 6.45) is 78.3. The average molecular weight is 1060 g/mol. The summed E-state index contributed by atoms with van der Waals surface area (Å²) in [4.78, 5) is 37.6. The molecule has 0 aromatic rings. The van der Waals surface area contributed by atoms with Crippen LogP contribution >= 0.6 is 7.82 Å². The van der Waals surface area contributed by atoms with Gasteiger partial charge >= 0.3 is 13.8 Å². The second kappa shape index (κ2) is 53.0. The molecule has 3 atom stereocenters. The standard InChI is InChI=1S/C65H105N2O7P/c1-7-10-13-16-19-22-25-28-30-32-33-35-36-39-42-45-48-51-54-57-64(68)66-62(61-73-75(70,71)72-60-59-67(4,5)6)63(56-53-50-47-44-41-38-27-24-21-18-15-12-9-3)74-65(69)58-55-52-49-46-43-40-37-34-31-29-26-23-20-17-14-11-8-2/h10-11,13-14,17,19-20,22-23,26,28-31,33-35,37,39-40,42-43,48,51,53,56,62-63H,7-9,12,15-16,18,21,24-25,27,32,36,38,41,44-47,49-50,52,54-55,57-61H2,1-6H3,(H-,66,68,70,71)/p+1/b13-10-,14-11-,20-17+,22-19-,26-23+,30-28-,31-29-,35-33-,37-34+,42-39-,43-40+,51-48-,56-53+. The van der Waals surface area contributed by atoms with Crippen molar-refractivity contribution in [3.63, 3.8) is 0 Å². The van der Waals surface area contributed by atoms with Crippen LogP contribution in [0.1, 0.15) is 188 Å². The number of phosphoric acid groups is 1. The average Bonchev–Trinajstić information content (AvgIpc) is 3.37. The van der Waals surface area contributed by atoms with Crippen LogP contribution < -0.4 is 5.32 Å². The number of rotatable bonds is 49. The summed E-state index contributed by atoms with van der Waals surface area (Å²) in [7, 11) is 1.39. The lowest BCUT2D eigenvalue weighted by Crippen LogP contribution is -2.47. The Hall–Kier alpha value is -4.37. The molecule has 422 valence electrons. The monoisotopic (exact) mass is 1060 g/mol. The molecule has 0 saturated carbocycles. The van der Waals surface area contributed by atoms with Crippen molar-refractivity contribution in [2.45, 2.75) is 200 Å². The van der Waals surface area contributed by atoms with Crippen LogP contribution in [0.3, 0.4) is 0 Å². The van der Waals surface area contributed by atoms with Gasteiger partial charge in [-0.15, -0.1) is 0 Å². The number of likely N-dealkylation sites (N-methyl/N-ethyl adjacent to an activating group) is 1. The van der Waals surface area contributed by atoms with Crippen LogP contribution in [0.5, 0.6) is 0 Å². The third-order valence-corrected chi connectivity index (χ3v) is 12.6. The van der Waals surface area contributed by atoms with Crippen LogP contribution in [-0.2, 0) is 27.9 Å². The highest BCUT2D eigenvalue weighted by molar-refractivity contribution is 7.47. The first kappa shape index (κ1) is 70.6. The third-order valence-electron chi connectivity index (χ3n) is 11.6. The van der Waals surface area contributed by atoms with E-state index in [4.69, 9.17) is 13.8 Å². The quantitative estimate of drug-likeness (QED) is 0.0156. The largest absolute Gasteiger partial charge is 0.472 e. The van der Waals surface area contributed by atoms with Gasteiger partial charge in [0, 0.05) is 12.8 Å². The van der Waals surface area contributed by atoms with Crippen molar-refractivity contribution in [3.05, 3.63) is 158 Å². The predicted molar refractivity (Wildman–Crippen MR) is 322 cm³/mol. The summed E-state index contributed by atoms with van der Waals surface area (Å²) in [5.41, 5.74) is 0. The lowest BCUT2D eigenvalue weighted by atomic mass is 10.0. The van der Waals surface area contributed by atoms with E-state index >= 15 is 0 Å². The molecule has 0 aromatic heterocycles. The molecule has 1 amide bonds. The highest BCUT2D eigenvalue weighted by Crippen LogP contribution is 2.43. The van der Waals surface area contributed by atoms with Gasteiger partial charge in [0.25, 0.3) is 0 Å². The summed E-state index contributed by atoms with van der Waals surface area (Å²) in [5.74, 6) is -0.670. The van der Waals surface area contributed by atoms with Crippen LogP contribution in [0, 0.1) is 0 Å². The van der Waals surface area contributed by atoms with Crippen molar-refractivity contribution in [1.82, 2.24) is 5.32 Å². The van der Waals surface area contributed by atoms with Gasteiger partial charge in [0.05, 0.1) is 33.8 Å². The summed E-state index contributed by atoms with van der Waals surface area (Å²) in [6, 6.07) is -0.920. The Morgan fingerprint density at radius 2 is 0.933 bits per heavy atom. The fraction of sp³-hybridized carbons (Fsp3) is 0.569. The van der Waals surface area contributed by atoms with Gasteiger partial charge in [0.2, 0.25) is 5.91 Å². The van der Waals surface area contributed by atoms with E-state index in [1.54, 1.807) is 6.08 Å². The summed E-state index contributed by atoms with van der Waals surface area (Å²) >= 11 is 0. The van der Waals surface area contributed by atoms with E-state index < -0.39 is 25.9 Å². The molecule has 0 spiro atoms. The smallest absolute Gasteiger partial charge is 0.456 e. The van der Waals surface area contributed by atoms with Crippen LogP contribution in [0.2, 0.25) is 0 Å². The maximum absolute atomic E-state index is 13.5. The van der Waals surface area contributed by atoms with Crippen molar-refractivity contribution >= 4 is 19.7 Å². The SMILES string of the molecule is CC\C=C/C=C/C=C/C=C\C=C\C=C\CCCCCC(=O)OC(/C=C/CCCCCCCCCCCCC)C(COP(=O)(O)OCC[N+](C)(C)C)NC(=O)CC/C=C\C/C=C\C/C=C\C/C=C\C/C=C\C/C=C\CC. The maximum atomic E-state index is 13.5. The fourth-order valence-electron chi connectivity index (χ4n) is 7.23. The summed E-state index contributed by atoms with van der Waals surface area (Å²) < 4.78 is 30.5. The van der Waals surface area contributed by atoms with Crippen LogP contribution in [0.15, 0.2) is 158 Å². The maximum Gasteiger partial charge on any atom is 0.472 e. The van der Waals surface area contributed by atoms with E-state index in [0.717, 1.165) is 83.5 Å². The minimum Gasteiger partial charge on any atom is -0.456 e. The molecular formula is C65H106N2O7P+. The number of phosphoric ester groups is 1. The first-order valence-electron chi connectivity index (χ1n) is 28.9. The van der Waals surface area contributed by atoms with E-state index in [2.05, 4.69) is 99.0 Å². The predicted octanol–water partition coefficient (Wildman–Crippen LogP) is 17.7. The third kappa shape index (κ3) is 54.2. The Morgan fingerprint density at radius 1 is 0.493 bits per heavy atom. The van der Waals surface area contributed by atoms with Gasteiger partial charge in [-0.2, -0.15) is 0 Å². The number of carbonyl (C=O) groups is 2. The van der Waals surface area contributed by atoms with E-state index in [0.29, 0.717) is 23.9 Å². The highest BCUT2D eigenvalue weighted by atomic mass is 31.2. The van der Waals surface area contributed by atoms with Crippen molar-refractivity contribution < 1.29 is 37.3 Å². The molecular weight excluding hydrogens is 952 g/mol. The van der Waals surface area contributed by atoms with E-state index in [1.807, 2.05) is 100 Å². The molecule has 0 aliphatic heterocycles. The second-order valence-corrected chi connectivity index (χ2v) is 21.3. The number of nitrogens with zero attached hydrogens (tertiary/aromatic N) is 1. The summed E-state index contributed by atoms with van der Waals surface area (Å²) in [6.45, 7) is 6.62. The Kier molecular flexibility index (Phi) is 50.0. The van der Waals surface area contributed by atoms with Gasteiger partial charge < -0.3 is 19.4 Å². The van der Waals surface area contributed by atoms with Crippen molar-refractivity contribution in [1.29, 1.82) is 0 Å². The number of hydrogen-bond acceptors (Lipinski definition) is 6. The zero-order valence-electron chi connectivity index (χ0n) is 48.0. The molecule has 0 aliphatic carbocycles. The molecule has 0 rings (SSSR count). The van der Waals surface area contributed by atoms with Crippen molar-refractivity contribution in [2.75, 3.05) is 40.9 Å². The number of carbonyl (C=O) groups excluding carboxylic acids is 2. The Morgan fingerprint density at radius 3 is 1.44 bits per heavy atom. The first-order valence-corrected chi connectivity index (χ1v) is 30.4. The molecule has 75 heavy (non-hydrogen) atoms. The van der Waals surface area contributed by atoms with E-state index in [-0.39, 0.29) is 32.0 Å². The van der Waals surface area contributed by atoms with Gasteiger partial charge in [0.1, 0.15) is 19.3 Å². The second-order valence-electron chi connectivity index (χ2n) is 19.8. The number of quaternary nitrogens is 1. The first-order chi connectivity index (χ1) is 36.4. The lowest BCUT2D eigenvalue weighted by molar-refractivity contribution is -0.870. The number of hydrogen-bond donors (Lipinski definition) is 2. The van der Waals surface area contributed by atoms with E-state index in [9.17, 15) is 19.0 Å². The van der Waals surface area contributed by atoms with Gasteiger partial charge in [-0.3, -0.25) is 18.6 Å². The van der Waals surface area contributed by atoms with Gasteiger partial charge in [-0.05, 0) is 89.5 Å². The van der Waals surface area contributed by atoms with Gasteiger partial charge in [0.15, 0.2) is 0 Å². The van der Waals surface area contributed by atoms with Crippen LogP contribution in [0.25, 0.3) is 0 Å². The number of allylic oxidation sites excluding steroid dienone is 25. The van der Waals surface area contributed by atoms with Crippen molar-refractivity contribution in [3.8, 4) is 0 Å². The Bertz CT molecular complexity index is 1840. The lowest BCUT2D eigenvalue weighted by Gasteiger charge is -2.27. The minimum absolute atomic E-state index is 0.00909. The number of nitrogens with one attached hydrogen (secondary N) is 1. The normalized spacial score (nSPS) is 14.9. The molecule has 0 radical (unpaired) electrons. The molecule has 0 fully saturated rings. The van der Waals surface area contributed by atoms with Gasteiger partial charge in [-0.25, -0.2) is 4.57 Å². The molecule has 0 aliphatic rings. The Labute approximate surface area is 459 Å². The topological polar surface area (TPSA) is 111 Å².